The second-order valence-electron chi connectivity index (χ2n) is 5.77. The molecule has 0 amide bonds. The lowest BCUT2D eigenvalue weighted by Gasteiger charge is -2.31. The minimum atomic E-state index is 0.654. The maximum atomic E-state index is 5.84. The van der Waals surface area contributed by atoms with Crippen molar-refractivity contribution in [3.05, 3.63) is 0 Å². The Balaban J connectivity index is 2.12. The molecule has 0 aromatic heterocycles. The van der Waals surface area contributed by atoms with Crippen LogP contribution in [-0.2, 0) is 0 Å². The van der Waals surface area contributed by atoms with E-state index in [1.807, 2.05) is 0 Å². The summed E-state index contributed by atoms with van der Waals surface area (Å²) in [6, 6.07) is 1.33. The molecule has 102 valence electrons. The standard InChI is InChI=1S/C14H31N3/c1-12(2)17(3)10-6-9-16-14-8-5-4-7-13(14)11-15/h12-14,16H,4-11,15H2,1-3H3. The first-order chi connectivity index (χ1) is 8.15. The van der Waals surface area contributed by atoms with Gasteiger partial charge in [0.05, 0.1) is 0 Å². The molecule has 1 fully saturated rings. The molecule has 1 rings (SSSR count). The summed E-state index contributed by atoms with van der Waals surface area (Å²) in [6.07, 6.45) is 6.63. The Hall–Kier alpha value is -0.120. The highest BCUT2D eigenvalue weighted by atomic mass is 15.1. The van der Waals surface area contributed by atoms with Gasteiger partial charge in [-0.3, -0.25) is 0 Å². The van der Waals surface area contributed by atoms with Gasteiger partial charge in [0.2, 0.25) is 0 Å². The minimum absolute atomic E-state index is 0.654. The molecule has 3 nitrogen and oxygen atoms in total. The molecule has 2 unspecified atom stereocenters. The van der Waals surface area contributed by atoms with Crippen LogP contribution < -0.4 is 11.1 Å². The van der Waals surface area contributed by atoms with Crippen molar-refractivity contribution in [1.29, 1.82) is 0 Å². The maximum absolute atomic E-state index is 5.84. The summed E-state index contributed by atoms with van der Waals surface area (Å²) in [7, 11) is 2.20. The van der Waals surface area contributed by atoms with Crippen LogP contribution in [0.1, 0.15) is 46.0 Å². The molecule has 2 atom stereocenters. The van der Waals surface area contributed by atoms with Gasteiger partial charge in [-0.15, -0.1) is 0 Å². The molecule has 17 heavy (non-hydrogen) atoms. The molecule has 1 saturated carbocycles. The Bertz CT molecular complexity index is 194. The van der Waals surface area contributed by atoms with E-state index in [1.165, 1.54) is 38.6 Å². The molecule has 0 heterocycles. The van der Waals surface area contributed by atoms with E-state index in [0.717, 1.165) is 13.1 Å². The predicted octanol–water partition coefficient (Wildman–Crippen LogP) is 1.82. The van der Waals surface area contributed by atoms with Crippen molar-refractivity contribution in [2.75, 3.05) is 26.7 Å². The molecule has 0 aliphatic heterocycles. The van der Waals surface area contributed by atoms with Crippen molar-refractivity contribution in [2.24, 2.45) is 11.7 Å². The Kier molecular flexibility index (Phi) is 7.09. The summed E-state index contributed by atoms with van der Waals surface area (Å²) >= 11 is 0. The van der Waals surface area contributed by atoms with Crippen LogP contribution in [0.2, 0.25) is 0 Å². The van der Waals surface area contributed by atoms with Gasteiger partial charge in [0.1, 0.15) is 0 Å². The molecule has 1 aliphatic rings. The van der Waals surface area contributed by atoms with Crippen molar-refractivity contribution in [2.45, 2.75) is 58.0 Å². The van der Waals surface area contributed by atoms with E-state index < -0.39 is 0 Å². The highest BCUT2D eigenvalue weighted by molar-refractivity contribution is 4.81. The zero-order valence-electron chi connectivity index (χ0n) is 11.9. The van der Waals surface area contributed by atoms with E-state index >= 15 is 0 Å². The summed E-state index contributed by atoms with van der Waals surface area (Å²) in [5, 5.41) is 3.71. The number of nitrogens with two attached hydrogens (primary N) is 1. The van der Waals surface area contributed by atoms with E-state index in [9.17, 15) is 0 Å². The molecular weight excluding hydrogens is 210 g/mol. The quantitative estimate of drug-likeness (QED) is 0.668. The van der Waals surface area contributed by atoms with Crippen LogP contribution in [0.25, 0.3) is 0 Å². The van der Waals surface area contributed by atoms with Gasteiger partial charge in [0, 0.05) is 12.1 Å². The summed E-state index contributed by atoms with van der Waals surface area (Å²) in [5.41, 5.74) is 5.84. The first-order valence-electron chi connectivity index (χ1n) is 7.28. The number of rotatable bonds is 7. The lowest BCUT2D eigenvalue weighted by Crippen LogP contribution is -2.42. The smallest absolute Gasteiger partial charge is 0.0107 e. The monoisotopic (exact) mass is 241 g/mol. The van der Waals surface area contributed by atoms with Gasteiger partial charge in [0.25, 0.3) is 0 Å². The van der Waals surface area contributed by atoms with Gasteiger partial charge >= 0.3 is 0 Å². The fraction of sp³-hybridized carbons (Fsp3) is 1.00. The number of hydrogen-bond acceptors (Lipinski definition) is 3. The van der Waals surface area contributed by atoms with Crippen molar-refractivity contribution in [1.82, 2.24) is 10.2 Å². The molecule has 0 spiro atoms. The van der Waals surface area contributed by atoms with Crippen LogP contribution in [0.4, 0.5) is 0 Å². The van der Waals surface area contributed by atoms with Crippen LogP contribution in [0.15, 0.2) is 0 Å². The van der Waals surface area contributed by atoms with E-state index in [1.54, 1.807) is 0 Å². The third-order valence-corrected chi connectivity index (χ3v) is 4.19. The average molecular weight is 241 g/mol. The highest BCUT2D eigenvalue weighted by Gasteiger charge is 2.22. The van der Waals surface area contributed by atoms with E-state index in [2.05, 4.69) is 31.1 Å². The Morgan fingerprint density at radius 3 is 2.65 bits per heavy atom. The van der Waals surface area contributed by atoms with Crippen molar-refractivity contribution in [3.8, 4) is 0 Å². The Labute approximate surface area is 107 Å². The Morgan fingerprint density at radius 1 is 1.29 bits per heavy atom. The summed E-state index contributed by atoms with van der Waals surface area (Å²) in [6.45, 7) is 7.67. The summed E-state index contributed by atoms with van der Waals surface area (Å²) in [5.74, 6) is 0.714. The predicted molar refractivity (Wildman–Crippen MR) is 75.2 cm³/mol. The van der Waals surface area contributed by atoms with E-state index in [0.29, 0.717) is 18.0 Å². The third-order valence-electron chi connectivity index (χ3n) is 4.19. The van der Waals surface area contributed by atoms with Gasteiger partial charge in [-0.2, -0.15) is 0 Å². The van der Waals surface area contributed by atoms with Crippen molar-refractivity contribution < 1.29 is 0 Å². The number of nitrogens with one attached hydrogen (secondary N) is 1. The molecule has 0 bridgehead atoms. The first kappa shape index (κ1) is 14.9. The zero-order chi connectivity index (χ0) is 12.7. The van der Waals surface area contributed by atoms with Crippen LogP contribution in [-0.4, -0.2) is 43.7 Å². The molecule has 3 heteroatoms. The maximum Gasteiger partial charge on any atom is 0.0107 e. The number of hydrogen-bond donors (Lipinski definition) is 2. The minimum Gasteiger partial charge on any atom is -0.330 e. The molecule has 0 saturated heterocycles. The molecule has 0 radical (unpaired) electrons. The molecule has 0 aromatic carbocycles. The molecule has 1 aliphatic carbocycles. The molecule has 0 aromatic rings. The first-order valence-corrected chi connectivity index (χ1v) is 7.28. The van der Waals surface area contributed by atoms with E-state index in [4.69, 9.17) is 5.73 Å². The van der Waals surface area contributed by atoms with Gasteiger partial charge in [-0.05, 0) is 65.7 Å². The molecule has 3 N–H and O–H groups in total. The average Bonchev–Trinajstić information content (AvgIpc) is 2.34. The largest absolute Gasteiger partial charge is 0.330 e. The fourth-order valence-corrected chi connectivity index (χ4v) is 2.63. The van der Waals surface area contributed by atoms with Crippen LogP contribution in [0.5, 0.6) is 0 Å². The van der Waals surface area contributed by atoms with Crippen LogP contribution >= 0.6 is 0 Å². The summed E-state index contributed by atoms with van der Waals surface area (Å²) in [4.78, 5) is 2.41. The topological polar surface area (TPSA) is 41.3 Å². The van der Waals surface area contributed by atoms with Crippen LogP contribution in [0.3, 0.4) is 0 Å². The van der Waals surface area contributed by atoms with Crippen molar-refractivity contribution in [3.63, 3.8) is 0 Å². The zero-order valence-corrected chi connectivity index (χ0v) is 11.9. The lowest BCUT2D eigenvalue weighted by atomic mass is 9.84. The fourth-order valence-electron chi connectivity index (χ4n) is 2.63. The Morgan fingerprint density at radius 2 is 2.00 bits per heavy atom. The van der Waals surface area contributed by atoms with Crippen molar-refractivity contribution >= 4 is 0 Å². The highest BCUT2D eigenvalue weighted by Crippen LogP contribution is 2.23. The van der Waals surface area contributed by atoms with Crippen LogP contribution in [0, 0.1) is 5.92 Å². The second kappa shape index (κ2) is 8.06. The third kappa shape index (κ3) is 5.36. The second-order valence-corrected chi connectivity index (χ2v) is 5.77. The summed E-state index contributed by atoms with van der Waals surface area (Å²) < 4.78 is 0. The lowest BCUT2D eigenvalue weighted by molar-refractivity contribution is 0.246. The van der Waals surface area contributed by atoms with E-state index in [-0.39, 0.29) is 0 Å². The van der Waals surface area contributed by atoms with Gasteiger partial charge in [-0.1, -0.05) is 12.8 Å². The van der Waals surface area contributed by atoms with Gasteiger partial charge < -0.3 is 16.0 Å². The SMILES string of the molecule is CC(C)N(C)CCCNC1CCCCC1CN. The normalized spacial score (nSPS) is 25.8. The van der Waals surface area contributed by atoms with Gasteiger partial charge in [0.15, 0.2) is 0 Å². The number of nitrogens with zero attached hydrogens (tertiary/aromatic N) is 1. The molecular formula is C14H31N3. The van der Waals surface area contributed by atoms with Gasteiger partial charge in [-0.25, -0.2) is 0 Å².